The highest BCUT2D eigenvalue weighted by Crippen LogP contribution is 2.21. The number of hydrogen-bond acceptors (Lipinski definition) is 4. The molecule has 2 rings (SSSR count). The van der Waals surface area contributed by atoms with E-state index in [2.05, 4.69) is 11.8 Å². The van der Waals surface area contributed by atoms with Crippen LogP contribution in [-0.2, 0) is 16.6 Å². The highest BCUT2D eigenvalue weighted by molar-refractivity contribution is 7.89. The summed E-state index contributed by atoms with van der Waals surface area (Å²) in [6, 6.07) is 3.73. The van der Waals surface area contributed by atoms with E-state index in [4.69, 9.17) is 5.11 Å². The highest BCUT2D eigenvalue weighted by atomic mass is 32.2. The van der Waals surface area contributed by atoms with Gasteiger partial charge in [0.15, 0.2) is 0 Å². The molecule has 1 aliphatic heterocycles. The van der Waals surface area contributed by atoms with Gasteiger partial charge in [0.25, 0.3) is 0 Å². The molecule has 0 aliphatic carbocycles. The van der Waals surface area contributed by atoms with Gasteiger partial charge >= 0.3 is 0 Å². The lowest BCUT2D eigenvalue weighted by Gasteiger charge is -2.33. The Morgan fingerprint density at radius 1 is 1.24 bits per heavy atom. The van der Waals surface area contributed by atoms with Gasteiger partial charge < -0.3 is 10.0 Å². The summed E-state index contributed by atoms with van der Waals surface area (Å²) in [7, 11) is -3.81. The summed E-state index contributed by atoms with van der Waals surface area (Å²) in [5.74, 6) is -0.808. The fourth-order valence-corrected chi connectivity index (χ4v) is 3.97. The van der Waals surface area contributed by atoms with Crippen molar-refractivity contribution in [1.82, 2.24) is 9.21 Å². The van der Waals surface area contributed by atoms with Gasteiger partial charge in [-0.1, -0.05) is 13.0 Å². The molecular formula is C14H21FN2O3S. The molecule has 21 heavy (non-hydrogen) atoms. The molecule has 0 unspecified atom stereocenters. The molecule has 1 aromatic carbocycles. The van der Waals surface area contributed by atoms with Crippen LogP contribution in [0.2, 0.25) is 0 Å². The number of benzene rings is 1. The molecular weight excluding hydrogens is 295 g/mol. The lowest BCUT2D eigenvalue weighted by molar-refractivity contribution is 0.188. The molecule has 0 atom stereocenters. The fraction of sp³-hybridized carbons (Fsp3) is 0.571. The molecule has 1 N–H and O–H groups in total. The van der Waals surface area contributed by atoms with Crippen LogP contribution in [0.25, 0.3) is 0 Å². The van der Waals surface area contributed by atoms with E-state index in [0.29, 0.717) is 31.7 Å². The number of sulfonamides is 1. The quantitative estimate of drug-likeness (QED) is 0.881. The zero-order valence-corrected chi connectivity index (χ0v) is 12.9. The number of nitrogens with zero attached hydrogens (tertiary/aromatic N) is 2. The SMILES string of the molecule is CCCN1CCN(S(=O)(=O)c2ccc(CO)cc2F)CC1. The maximum atomic E-state index is 14.0. The Balaban J connectivity index is 2.16. The van der Waals surface area contributed by atoms with Crippen molar-refractivity contribution in [2.45, 2.75) is 24.8 Å². The molecule has 0 radical (unpaired) electrons. The number of rotatable bonds is 5. The average molecular weight is 316 g/mol. The molecule has 0 saturated carbocycles. The molecule has 7 heteroatoms. The van der Waals surface area contributed by atoms with Crippen molar-refractivity contribution in [1.29, 1.82) is 0 Å². The Morgan fingerprint density at radius 3 is 2.43 bits per heavy atom. The van der Waals surface area contributed by atoms with Crippen LogP contribution in [0.15, 0.2) is 23.1 Å². The first-order valence-electron chi connectivity index (χ1n) is 7.11. The van der Waals surface area contributed by atoms with E-state index in [9.17, 15) is 12.8 Å². The van der Waals surface area contributed by atoms with Crippen molar-refractivity contribution < 1.29 is 17.9 Å². The third kappa shape index (κ3) is 3.60. The van der Waals surface area contributed by atoms with Gasteiger partial charge in [0.2, 0.25) is 10.0 Å². The minimum Gasteiger partial charge on any atom is -0.392 e. The van der Waals surface area contributed by atoms with E-state index in [1.807, 2.05) is 0 Å². The molecule has 1 fully saturated rings. The molecule has 0 aromatic heterocycles. The van der Waals surface area contributed by atoms with Crippen LogP contribution in [0.4, 0.5) is 4.39 Å². The Kier molecular flexibility index (Phi) is 5.32. The van der Waals surface area contributed by atoms with Crippen molar-refractivity contribution in [2.75, 3.05) is 32.7 Å². The summed E-state index contributed by atoms with van der Waals surface area (Å²) in [5.41, 5.74) is 0.360. The van der Waals surface area contributed by atoms with E-state index in [0.717, 1.165) is 19.0 Å². The van der Waals surface area contributed by atoms with Gasteiger partial charge in [-0.3, -0.25) is 0 Å². The van der Waals surface area contributed by atoms with Gasteiger partial charge in [-0.15, -0.1) is 0 Å². The topological polar surface area (TPSA) is 60.9 Å². The minimum atomic E-state index is -3.81. The zero-order valence-electron chi connectivity index (χ0n) is 12.1. The molecule has 1 aliphatic rings. The maximum Gasteiger partial charge on any atom is 0.246 e. The normalized spacial score (nSPS) is 18.0. The summed E-state index contributed by atoms with van der Waals surface area (Å²) < 4.78 is 40.2. The smallest absolute Gasteiger partial charge is 0.246 e. The predicted molar refractivity (Wildman–Crippen MR) is 77.8 cm³/mol. The summed E-state index contributed by atoms with van der Waals surface area (Å²) in [5, 5.41) is 8.95. The summed E-state index contributed by atoms with van der Waals surface area (Å²) in [6.45, 7) is 4.82. The van der Waals surface area contributed by atoms with Crippen molar-refractivity contribution in [2.24, 2.45) is 0 Å². The second kappa shape index (κ2) is 6.83. The highest BCUT2D eigenvalue weighted by Gasteiger charge is 2.30. The molecule has 1 heterocycles. The van der Waals surface area contributed by atoms with Crippen molar-refractivity contribution in [3.05, 3.63) is 29.6 Å². The first-order chi connectivity index (χ1) is 9.98. The molecule has 118 valence electrons. The second-order valence-corrected chi connectivity index (χ2v) is 7.07. The number of hydrogen-bond donors (Lipinski definition) is 1. The Labute approximate surface area is 125 Å². The molecule has 0 amide bonds. The van der Waals surface area contributed by atoms with Gasteiger partial charge in [-0.2, -0.15) is 4.31 Å². The van der Waals surface area contributed by atoms with Crippen LogP contribution in [0.3, 0.4) is 0 Å². The number of aliphatic hydroxyl groups excluding tert-OH is 1. The Morgan fingerprint density at radius 2 is 1.90 bits per heavy atom. The largest absolute Gasteiger partial charge is 0.392 e. The van der Waals surface area contributed by atoms with Crippen molar-refractivity contribution in [3.8, 4) is 0 Å². The van der Waals surface area contributed by atoms with E-state index >= 15 is 0 Å². The Bertz CT molecular complexity index is 584. The maximum absolute atomic E-state index is 14.0. The molecule has 0 spiro atoms. The van der Waals surface area contributed by atoms with Gasteiger partial charge in [0.1, 0.15) is 10.7 Å². The zero-order chi connectivity index (χ0) is 15.5. The summed E-state index contributed by atoms with van der Waals surface area (Å²) in [4.78, 5) is 1.89. The lowest BCUT2D eigenvalue weighted by Crippen LogP contribution is -2.48. The summed E-state index contributed by atoms with van der Waals surface area (Å²) >= 11 is 0. The lowest BCUT2D eigenvalue weighted by atomic mass is 10.2. The van der Waals surface area contributed by atoms with Crippen molar-refractivity contribution in [3.63, 3.8) is 0 Å². The first-order valence-corrected chi connectivity index (χ1v) is 8.55. The molecule has 1 aromatic rings. The third-order valence-corrected chi connectivity index (χ3v) is 5.60. The van der Waals surface area contributed by atoms with E-state index in [1.54, 1.807) is 0 Å². The van der Waals surface area contributed by atoms with Gasteiger partial charge in [0, 0.05) is 26.2 Å². The fourth-order valence-electron chi connectivity index (χ4n) is 2.50. The van der Waals surface area contributed by atoms with Gasteiger partial charge in [-0.05, 0) is 30.7 Å². The number of aliphatic hydroxyl groups is 1. The molecule has 5 nitrogen and oxygen atoms in total. The van der Waals surface area contributed by atoms with Crippen molar-refractivity contribution >= 4 is 10.0 Å². The second-order valence-electron chi connectivity index (χ2n) is 5.17. The molecule has 0 bridgehead atoms. The van der Waals surface area contributed by atoms with Crippen LogP contribution >= 0.6 is 0 Å². The van der Waals surface area contributed by atoms with Crippen LogP contribution in [0.5, 0.6) is 0 Å². The third-order valence-electron chi connectivity index (χ3n) is 3.67. The van der Waals surface area contributed by atoms with E-state index in [1.165, 1.54) is 16.4 Å². The Hall–Kier alpha value is -1.02. The van der Waals surface area contributed by atoms with Gasteiger partial charge in [0.05, 0.1) is 6.61 Å². The predicted octanol–water partition coefficient (Wildman–Crippen LogP) is 1.03. The van der Waals surface area contributed by atoms with Crippen LogP contribution in [0.1, 0.15) is 18.9 Å². The number of piperazine rings is 1. The van der Waals surface area contributed by atoms with Gasteiger partial charge in [-0.25, -0.2) is 12.8 Å². The number of halogens is 1. The molecule has 1 saturated heterocycles. The van der Waals surface area contributed by atoms with Crippen LogP contribution < -0.4 is 0 Å². The van der Waals surface area contributed by atoms with E-state index < -0.39 is 15.8 Å². The minimum absolute atomic E-state index is 0.313. The van der Waals surface area contributed by atoms with E-state index in [-0.39, 0.29) is 11.5 Å². The summed E-state index contributed by atoms with van der Waals surface area (Å²) in [6.07, 6.45) is 1.03. The standard InChI is InChI=1S/C14H21FN2O3S/c1-2-5-16-6-8-17(9-7-16)21(19,20)14-4-3-12(11-18)10-13(14)15/h3-4,10,18H,2,5-9,11H2,1H3. The first kappa shape index (κ1) is 16.4. The van der Waals surface area contributed by atoms with Crippen LogP contribution in [0, 0.1) is 5.82 Å². The van der Waals surface area contributed by atoms with Crippen LogP contribution in [-0.4, -0.2) is 55.5 Å². The monoisotopic (exact) mass is 316 g/mol. The average Bonchev–Trinajstić information content (AvgIpc) is 2.47.